The summed E-state index contributed by atoms with van der Waals surface area (Å²) in [5.41, 5.74) is 1.14. The molecule has 0 saturated carbocycles. The summed E-state index contributed by atoms with van der Waals surface area (Å²) in [5.74, 6) is 0. The predicted octanol–water partition coefficient (Wildman–Crippen LogP) is 3.72. The van der Waals surface area contributed by atoms with Gasteiger partial charge in [-0.25, -0.2) is 9.78 Å². The van der Waals surface area contributed by atoms with Crippen LogP contribution in [0.3, 0.4) is 0 Å². The van der Waals surface area contributed by atoms with Crippen molar-refractivity contribution in [2.75, 3.05) is 6.61 Å². The van der Waals surface area contributed by atoms with Crippen LogP contribution in [0.4, 0.5) is 0 Å². The van der Waals surface area contributed by atoms with Crippen LogP contribution in [0.15, 0.2) is 30.3 Å². The summed E-state index contributed by atoms with van der Waals surface area (Å²) in [6.07, 6.45) is 4.85. The largest absolute Gasteiger partial charge is 0.236 e. The second kappa shape index (κ2) is 8.45. The van der Waals surface area contributed by atoms with E-state index in [4.69, 9.17) is 9.78 Å². The van der Waals surface area contributed by atoms with E-state index in [1.807, 2.05) is 30.3 Å². The molecule has 0 aliphatic rings. The maximum Gasteiger partial charge on any atom is 0.107 e. The highest BCUT2D eigenvalue weighted by atomic mass is 17.2. The first-order chi connectivity index (χ1) is 7.43. The van der Waals surface area contributed by atoms with E-state index in [0.29, 0.717) is 13.2 Å². The van der Waals surface area contributed by atoms with Crippen LogP contribution in [0.5, 0.6) is 0 Å². The monoisotopic (exact) mass is 208 g/mol. The van der Waals surface area contributed by atoms with Gasteiger partial charge in [0.05, 0.1) is 6.61 Å². The molecule has 0 heterocycles. The van der Waals surface area contributed by atoms with Gasteiger partial charge in [-0.15, -0.1) is 0 Å². The lowest BCUT2D eigenvalue weighted by atomic mass is 10.2. The van der Waals surface area contributed by atoms with Crippen molar-refractivity contribution in [2.24, 2.45) is 0 Å². The second-order valence-corrected chi connectivity index (χ2v) is 3.63. The average Bonchev–Trinajstić information content (AvgIpc) is 2.29. The molecule has 0 aromatic heterocycles. The first kappa shape index (κ1) is 12.2. The van der Waals surface area contributed by atoms with Crippen molar-refractivity contribution < 1.29 is 9.78 Å². The Bertz CT molecular complexity index is 234. The minimum Gasteiger partial charge on any atom is -0.236 e. The van der Waals surface area contributed by atoms with Gasteiger partial charge >= 0.3 is 0 Å². The van der Waals surface area contributed by atoms with Crippen LogP contribution in [-0.2, 0) is 16.4 Å². The summed E-state index contributed by atoms with van der Waals surface area (Å²) in [4.78, 5) is 10.2. The van der Waals surface area contributed by atoms with Gasteiger partial charge in [0.25, 0.3) is 0 Å². The molecule has 0 unspecified atom stereocenters. The maximum atomic E-state index is 5.10. The minimum absolute atomic E-state index is 0.536. The van der Waals surface area contributed by atoms with Gasteiger partial charge in [-0.05, 0) is 12.0 Å². The first-order valence-corrected chi connectivity index (χ1v) is 5.72. The molecule has 0 bridgehead atoms. The molecule has 0 amide bonds. The zero-order chi connectivity index (χ0) is 10.8. The number of unbranched alkanes of at least 4 members (excludes halogenated alkanes) is 3. The Morgan fingerprint density at radius 3 is 2.47 bits per heavy atom. The van der Waals surface area contributed by atoms with E-state index >= 15 is 0 Å². The molecule has 0 spiro atoms. The van der Waals surface area contributed by atoms with Crippen molar-refractivity contribution in [3.05, 3.63) is 35.9 Å². The highest BCUT2D eigenvalue weighted by Crippen LogP contribution is 2.02. The number of hydrogen-bond acceptors (Lipinski definition) is 2. The summed E-state index contributed by atoms with van der Waals surface area (Å²) in [6.45, 7) is 3.44. The molecule has 1 aromatic rings. The minimum atomic E-state index is 0.536. The second-order valence-electron chi connectivity index (χ2n) is 3.63. The maximum absolute atomic E-state index is 5.10. The Morgan fingerprint density at radius 2 is 1.73 bits per heavy atom. The highest BCUT2D eigenvalue weighted by Gasteiger charge is 1.92. The van der Waals surface area contributed by atoms with Crippen molar-refractivity contribution in [3.63, 3.8) is 0 Å². The highest BCUT2D eigenvalue weighted by molar-refractivity contribution is 5.13. The van der Waals surface area contributed by atoms with Gasteiger partial charge in [0, 0.05) is 0 Å². The van der Waals surface area contributed by atoms with Gasteiger partial charge in [-0.1, -0.05) is 56.5 Å². The molecule has 0 saturated heterocycles. The van der Waals surface area contributed by atoms with Gasteiger partial charge in [0.15, 0.2) is 0 Å². The quantitative estimate of drug-likeness (QED) is 0.368. The van der Waals surface area contributed by atoms with E-state index in [-0.39, 0.29) is 0 Å². The fraction of sp³-hybridized carbons (Fsp3) is 0.538. The summed E-state index contributed by atoms with van der Waals surface area (Å²) in [7, 11) is 0. The molecule has 0 N–H and O–H groups in total. The lowest BCUT2D eigenvalue weighted by molar-refractivity contribution is -0.304. The van der Waals surface area contributed by atoms with Gasteiger partial charge in [0.2, 0.25) is 0 Å². The molecule has 0 aliphatic heterocycles. The topological polar surface area (TPSA) is 18.5 Å². The standard InChI is InChI=1S/C13H20O2/c1-2-3-4-8-11-14-15-12-13-9-6-5-7-10-13/h5-7,9-10H,2-4,8,11-12H2,1H3. The molecule has 2 nitrogen and oxygen atoms in total. The molecular formula is C13H20O2. The lowest BCUT2D eigenvalue weighted by Crippen LogP contribution is -1.97. The Hall–Kier alpha value is -0.860. The molecule has 1 aromatic carbocycles. The molecule has 84 valence electrons. The zero-order valence-electron chi connectivity index (χ0n) is 9.45. The summed E-state index contributed by atoms with van der Waals surface area (Å²) < 4.78 is 0. The van der Waals surface area contributed by atoms with Crippen molar-refractivity contribution >= 4 is 0 Å². The van der Waals surface area contributed by atoms with E-state index in [1.165, 1.54) is 19.3 Å². The number of rotatable bonds is 8. The molecule has 0 aliphatic carbocycles. The van der Waals surface area contributed by atoms with E-state index < -0.39 is 0 Å². The third-order valence-corrected chi connectivity index (χ3v) is 2.23. The van der Waals surface area contributed by atoms with E-state index in [9.17, 15) is 0 Å². The Balaban J connectivity index is 1.93. The summed E-state index contributed by atoms with van der Waals surface area (Å²) in [6, 6.07) is 10.1. The fourth-order valence-corrected chi connectivity index (χ4v) is 1.33. The van der Waals surface area contributed by atoms with Crippen molar-refractivity contribution in [2.45, 2.75) is 39.2 Å². The van der Waals surface area contributed by atoms with Gasteiger partial charge in [0.1, 0.15) is 6.61 Å². The van der Waals surface area contributed by atoms with Gasteiger partial charge in [-0.3, -0.25) is 0 Å². The third-order valence-electron chi connectivity index (χ3n) is 2.23. The van der Waals surface area contributed by atoms with Crippen molar-refractivity contribution in [3.8, 4) is 0 Å². The molecule has 15 heavy (non-hydrogen) atoms. The summed E-state index contributed by atoms with van der Waals surface area (Å²) >= 11 is 0. The van der Waals surface area contributed by atoms with Crippen LogP contribution >= 0.6 is 0 Å². The summed E-state index contributed by atoms with van der Waals surface area (Å²) in [5, 5.41) is 0. The molecule has 0 radical (unpaired) electrons. The zero-order valence-corrected chi connectivity index (χ0v) is 9.45. The molecule has 0 atom stereocenters. The lowest BCUT2D eigenvalue weighted by Gasteiger charge is -2.03. The Labute approximate surface area is 92.1 Å². The van der Waals surface area contributed by atoms with Crippen molar-refractivity contribution in [1.82, 2.24) is 0 Å². The first-order valence-electron chi connectivity index (χ1n) is 5.72. The van der Waals surface area contributed by atoms with Crippen molar-refractivity contribution in [1.29, 1.82) is 0 Å². The van der Waals surface area contributed by atoms with Gasteiger partial charge < -0.3 is 0 Å². The van der Waals surface area contributed by atoms with Crippen LogP contribution in [0, 0.1) is 0 Å². The molecule has 0 fully saturated rings. The molecular weight excluding hydrogens is 188 g/mol. The smallest absolute Gasteiger partial charge is 0.107 e. The van der Waals surface area contributed by atoms with E-state index in [0.717, 1.165) is 12.0 Å². The Kier molecular flexibility index (Phi) is 6.88. The van der Waals surface area contributed by atoms with Gasteiger partial charge in [-0.2, -0.15) is 0 Å². The van der Waals surface area contributed by atoms with E-state index in [1.54, 1.807) is 0 Å². The molecule has 2 heteroatoms. The molecule has 1 rings (SSSR count). The normalized spacial score (nSPS) is 10.5. The van der Waals surface area contributed by atoms with Crippen LogP contribution in [0.1, 0.15) is 38.2 Å². The third kappa shape index (κ3) is 6.26. The van der Waals surface area contributed by atoms with Crippen LogP contribution < -0.4 is 0 Å². The van der Waals surface area contributed by atoms with Crippen LogP contribution in [0.2, 0.25) is 0 Å². The number of benzene rings is 1. The number of hydrogen-bond donors (Lipinski definition) is 0. The SMILES string of the molecule is CCCCCCOOCc1ccccc1. The predicted molar refractivity (Wildman–Crippen MR) is 61.3 cm³/mol. The Morgan fingerprint density at radius 1 is 0.933 bits per heavy atom. The average molecular weight is 208 g/mol. The fourth-order valence-electron chi connectivity index (χ4n) is 1.33. The van der Waals surface area contributed by atoms with Crippen LogP contribution in [-0.4, -0.2) is 6.61 Å². The van der Waals surface area contributed by atoms with Crippen LogP contribution in [0.25, 0.3) is 0 Å². The van der Waals surface area contributed by atoms with E-state index in [2.05, 4.69) is 6.92 Å².